The molecule has 1 aliphatic heterocycles. The van der Waals surface area contributed by atoms with Crippen molar-refractivity contribution in [2.45, 2.75) is 57.4 Å². The second-order valence-corrected chi connectivity index (χ2v) is 10.4. The van der Waals surface area contributed by atoms with Crippen LogP contribution >= 0.6 is 0 Å². The Labute approximate surface area is 193 Å². The van der Waals surface area contributed by atoms with Crippen LogP contribution in [0.5, 0.6) is 0 Å². The van der Waals surface area contributed by atoms with E-state index >= 15 is 0 Å². The lowest BCUT2D eigenvalue weighted by Gasteiger charge is -2.13. The molecule has 0 saturated heterocycles. The summed E-state index contributed by atoms with van der Waals surface area (Å²) in [6, 6.07) is 8.04. The lowest BCUT2D eigenvalue weighted by Crippen LogP contribution is -2.29. The third-order valence-electron chi connectivity index (χ3n) is 5.44. The third-order valence-corrected chi connectivity index (χ3v) is 6.82. The number of hydrogen-bond acceptors (Lipinski definition) is 6. The van der Waals surface area contributed by atoms with E-state index in [1.807, 2.05) is 27.7 Å². The van der Waals surface area contributed by atoms with Crippen molar-refractivity contribution < 1.29 is 13.2 Å². The van der Waals surface area contributed by atoms with Crippen molar-refractivity contribution in [3.05, 3.63) is 47.8 Å². The van der Waals surface area contributed by atoms with Crippen LogP contribution in [0.25, 0.3) is 11.0 Å². The molecule has 0 saturated carbocycles. The maximum atomic E-state index is 13.3. The van der Waals surface area contributed by atoms with Gasteiger partial charge in [-0.1, -0.05) is 19.9 Å². The lowest BCUT2D eigenvalue weighted by molar-refractivity contribution is 0.102. The number of pyridine rings is 1. The molecule has 1 amide bonds. The minimum absolute atomic E-state index is 0.0604. The average Bonchev–Trinajstić information content (AvgIpc) is 3.42. The van der Waals surface area contributed by atoms with Crippen LogP contribution in [-0.4, -0.2) is 41.5 Å². The number of benzene rings is 1. The third kappa shape index (κ3) is 4.75. The second kappa shape index (κ2) is 8.93. The number of carbonyl (C=O) groups is 1. The number of hydrogen-bond donors (Lipinski definition) is 2. The van der Waals surface area contributed by atoms with Gasteiger partial charge in [0.1, 0.15) is 5.84 Å². The number of sulfonamides is 1. The number of nitrogens with zero attached hydrogens (tertiary/aromatic N) is 4. The van der Waals surface area contributed by atoms with Crippen LogP contribution in [-0.2, 0) is 10.0 Å². The van der Waals surface area contributed by atoms with Gasteiger partial charge in [0.05, 0.1) is 22.0 Å². The Kier molecular flexibility index (Phi) is 6.20. The highest BCUT2D eigenvalue weighted by Gasteiger charge is 2.21. The van der Waals surface area contributed by atoms with Crippen LogP contribution in [0.15, 0.2) is 46.4 Å². The fourth-order valence-electron chi connectivity index (χ4n) is 3.68. The van der Waals surface area contributed by atoms with Crippen molar-refractivity contribution in [2.75, 3.05) is 11.9 Å². The zero-order chi connectivity index (χ0) is 23.8. The molecule has 3 aromatic rings. The van der Waals surface area contributed by atoms with E-state index in [1.165, 1.54) is 12.1 Å². The molecule has 3 heterocycles. The Morgan fingerprint density at radius 3 is 2.61 bits per heavy atom. The van der Waals surface area contributed by atoms with Gasteiger partial charge < -0.3 is 5.32 Å². The van der Waals surface area contributed by atoms with Crippen LogP contribution in [0.4, 0.5) is 5.69 Å². The Balaban J connectivity index is 1.66. The van der Waals surface area contributed by atoms with Gasteiger partial charge in [0, 0.05) is 30.4 Å². The summed E-state index contributed by atoms with van der Waals surface area (Å²) in [4.78, 5) is 22.2. The molecule has 0 radical (unpaired) electrons. The summed E-state index contributed by atoms with van der Waals surface area (Å²) in [5.41, 5.74) is 2.26. The highest BCUT2D eigenvalue weighted by atomic mass is 32.2. The summed E-state index contributed by atoms with van der Waals surface area (Å²) in [5.74, 6) is 0.233. The fraction of sp³-hybridized carbons (Fsp3) is 0.391. The minimum Gasteiger partial charge on any atom is -0.322 e. The summed E-state index contributed by atoms with van der Waals surface area (Å²) >= 11 is 0. The molecule has 10 heteroatoms. The molecule has 1 aromatic carbocycles. The van der Waals surface area contributed by atoms with Crippen LogP contribution < -0.4 is 10.0 Å². The van der Waals surface area contributed by atoms with Crippen LogP contribution in [0, 0.1) is 0 Å². The van der Waals surface area contributed by atoms with E-state index in [4.69, 9.17) is 4.98 Å². The number of anilines is 1. The summed E-state index contributed by atoms with van der Waals surface area (Å²) < 4.78 is 29.8. The molecule has 4 rings (SSSR count). The molecule has 2 N–H and O–H groups in total. The van der Waals surface area contributed by atoms with E-state index in [0.29, 0.717) is 41.1 Å². The second-order valence-electron chi connectivity index (χ2n) is 8.69. The van der Waals surface area contributed by atoms with Crippen LogP contribution in [0.2, 0.25) is 0 Å². The fourth-order valence-corrected chi connectivity index (χ4v) is 4.81. The molecule has 0 bridgehead atoms. The Hall–Kier alpha value is -3.27. The summed E-state index contributed by atoms with van der Waals surface area (Å²) in [5, 5.41) is 7.90. The first-order valence-corrected chi connectivity index (χ1v) is 12.5. The van der Waals surface area contributed by atoms with E-state index in [9.17, 15) is 13.2 Å². The SMILES string of the molecule is CC(C)c1cc(C(=O)Nc2cccc(S(=O)(=O)NC3=NCCC3)c2)c2cnn(C(C)C)c2n1. The van der Waals surface area contributed by atoms with Crippen molar-refractivity contribution in [3.63, 3.8) is 0 Å². The van der Waals surface area contributed by atoms with Gasteiger partial charge in [-0.3, -0.25) is 14.5 Å². The van der Waals surface area contributed by atoms with Crippen molar-refractivity contribution in [3.8, 4) is 0 Å². The van der Waals surface area contributed by atoms with Crippen LogP contribution in [0.1, 0.15) is 68.5 Å². The highest BCUT2D eigenvalue weighted by Crippen LogP contribution is 2.25. The lowest BCUT2D eigenvalue weighted by atomic mass is 10.0. The quantitative estimate of drug-likeness (QED) is 0.569. The van der Waals surface area contributed by atoms with E-state index in [2.05, 4.69) is 20.1 Å². The first kappa shape index (κ1) is 22.9. The van der Waals surface area contributed by atoms with Gasteiger partial charge >= 0.3 is 0 Å². The summed E-state index contributed by atoms with van der Waals surface area (Å²) in [6.07, 6.45) is 3.09. The predicted molar refractivity (Wildman–Crippen MR) is 128 cm³/mol. The van der Waals surface area contributed by atoms with E-state index in [-0.39, 0.29) is 22.8 Å². The van der Waals surface area contributed by atoms with Crippen LogP contribution in [0.3, 0.4) is 0 Å². The van der Waals surface area contributed by atoms with Gasteiger partial charge in [0.2, 0.25) is 0 Å². The molecular weight excluding hydrogens is 440 g/mol. The van der Waals surface area contributed by atoms with Gasteiger partial charge in [0.15, 0.2) is 5.65 Å². The molecule has 0 aliphatic carbocycles. The van der Waals surface area contributed by atoms with Gasteiger partial charge in [-0.05, 0) is 50.5 Å². The Bertz CT molecular complexity index is 1340. The average molecular weight is 469 g/mol. The molecule has 9 nitrogen and oxygen atoms in total. The Morgan fingerprint density at radius 1 is 1.15 bits per heavy atom. The molecular formula is C23H28N6O3S. The summed E-state index contributed by atoms with van der Waals surface area (Å²) in [7, 11) is -3.78. The van der Waals surface area contributed by atoms with Crippen molar-refractivity contribution in [1.82, 2.24) is 19.5 Å². The number of aromatic nitrogens is 3. The van der Waals surface area contributed by atoms with E-state index in [0.717, 1.165) is 12.1 Å². The number of amides is 1. The van der Waals surface area contributed by atoms with E-state index < -0.39 is 10.0 Å². The Morgan fingerprint density at radius 2 is 1.94 bits per heavy atom. The number of fused-ring (bicyclic) bond motifs is 1. The molecule has 0 fully saturated rings. The zero-order valence-electron chi connectivity index (χ0n) is 19.2. The smallest absolute Gasteiger partial charge is 0.262 e. The van der Waals surface area contributed by atoms with Crippen molar-refractivity contribution in [2.24, 2.45) is 4.99 Å². The predicted octanol–water partition coefficient (Wildman–Crippen LogP) is 3.86. The zero-order valence-corrected chi connectivity index (χ0v) is 20.0. The van der Waals surface area contributed by atoms with Crippen molar-refractivity contribution >= 4 is 38.5 Å². The molecule has 0 atom stereocenters. The topological polar surface area (TPSA) is 118 Å². The maximum Gasteiger partial charge on any atom is 0.262 e. The number of rotatable bonds is 6. The minimum atomic E-state index is -3.78. The molecule has 1 aliphatic rings. The normalized spacial score (nSPS) is 14.2. The number of aliphatic imine (C=N–C) groups is 1. The summed E-state index contributed by atoms with van der Waals surface area (Å²) in [6.45, 7) is 8.67. The first-order valence-electron chi connectivity index (χ1n) is 11.0. The van der Waals surface area contributed by atoms with Gasteiger partial charge in [-0.2, -0.15) is 5.10 Å². The van der Waals surface area contributed by atoms with E-state index in [1.54, 1.807) is 29.1 Å². The largest absolute Gasteiger partial charge is 0.322 e. The van der Waals surface area contributed by atoms with Gasteiger partial charge in [-0.15, -0.1) is 0 Å². The molecule has 0 spiro atoms. The molecule has 2 aromatic heterocycles. The molecule has 174 valence electrons. The first-order chi connectivity index (χ1) is 15.7. The highest BCUT2D eigenvalue weighted by molar-refractivity contribution is 7.90. The molecule has 0 unspecified atom stereocenters. The van der Waals surface area contributed by atoms with Gasteiger partial charge in [-0.25, -0.2) is 18.1 Å². The monoisotopic (exact) mass is 468 g/mol. The van der Waals surface area contributed by atoms with Crippen molar-refractivity contribution in [1.29, 1.82) is 0 Å². The maximum absolute atomic E-state index is 13.3. The number of carbonyl (C=O) groups excluding carboxylic acids is 1. The standard InChI is InChI=1S/C23H28N6O3S/c1-14(2)20-12-18(19-13-25-29(15(3)4)22(19)27-20)23(30)26-16-7-5-8-17(11-16)33(31,32)28-21-9-6-10-24-21/h5,7-8,11-15H,6,9-10H2,1-4H3,(H,24,28)(H,26,30). The van der Waals surface area contributed by atoms with Gasteiger partial charge in [0.25, 0.3) is 15.9 Å². The number of amidine groups is 1. The number of nitrogens with one attached hydrogen (secondary N) is 2. The molecule has 33 heavy (non-hydrogen) atoms.